The molecule has 4 aromatic carbocycles. The smallest absolute Gasteiger partial charge is 0.0159 e. The molecule has 0 aromatic heterocycles. The van der Waals surface area contributed by atoms with Gasteiger partial charge >= 0.3 is 0 Å². The standard InChI is InChI=1S/C17H18.C14H14/c1-11-5-7-13-14-8-6-12(2)10-16(14)17(3,4)15(13)9-11;1-11-7-3-5-9-13(11)14-10-6-4-8-12(14)2/h5-10H,1-4H3;3-10H,1-2H3. The Morgan fingerprint density at radius 2 is 0.839 bits per heavy atom. The lowest BCUT2D eigenvalue weighted by Crippen LogP contribution is -2.15. The SMILES string of the molecule is Cc1ccc2c(c1)C(C)(C)c1cc(C)ccc1-2.Cc1ccccc1-c1ccccc1C. The average molecular weight is 405 g/mol. The van der Waals surface area contributed by atoms with Crippen LogP contribution in [0.15, 0.2) is 84.9 Å². The van der Waals surface area contributed by atoms with Crippen LogP contribution in [0.5, 0.6) is 0 Å². The second-order valence-corrected chi connectivity index (χ2v) is 9.35. The van der Waals surface area contributed by atoms with E-state index in [2.05, 4.69) is 126 Å². The molecule has 0 amide bonds. The Hall–Kier alpha value is -3.12. The highest BCUT2D eigenvalue weighted by Gasteiger charge is 2.35. The van der Waals surface area contributed by atoms with Crippen molar-refractivity contribution in [1.29, 1.82) is 0 Å². The van der Waals surface area contributed by atoms with E-state index in [1.165, 1.54) is 55.6 Å². The fraction of sp³-hybridized carbons (Fsp3) is 0.226. The van der Waals surface area contributed by atoms with Crippen LogP contribution in [0.4, 0.5) is 0 Å². The summed E-state index contributed by atoms with van der Waals surface area (Å²) in [5.74, 6) is 0. The number of hydrogen-bond acceptors (Lipinski definition) is 0. The molecule has 0 N–H and O–H groups in total. The molecule has 4 aromatic rings. The van der Waals surface area contributed by atoms with Crippen LogP contribution in [-0.4, -0.2) is 0 Å². The molecule has 0 atom stereocenters. The van der Waals surface area contributed by atoms with Crippen LogP contribution >= 0.6 is 0 Å². The Kier molecular flexibility index (Phi) is 5.58. The summed E-state index contributed by atoms with van der Waals surface area (Å²) >= 11 is 0. The Morgan fingerprint density at radius 3 is 1.23 bits per heavy atom. The van der Waals surface area contributed by atoms with Gasteiger partial charge in [0.25, 0.3) is 0 Å². The summed E-state index contributed by atoms with van der Waals surface area (Å²) in [5, 5.41) is 0. The number of rotatable bonds is 1. The highest BCUT2D eigenvalue weighted by molar-refractivity contribution is 5.81. The Bertz CT molecular complexity index is 1140. The Morgan fingerprint density at radius 1 is 0.452 bits per heavy atom. The van der Waals surface area contributed by atoms with Gasteiger partial charge in [-0.1, -0.05) is 110 Å². The average Bonchev–Trinajstić information content (AvgIpc) is 2.96. The van der Waals surface area contributed by atoms with Crippen LogP contribution in [0.2, 0.25) is 0 Å². The van der Waals surface area contributed by atoms with Gasteiger partial charge < -0.3 is 0 Å². The first kappa shape index (κ1) is 21.1. The van der Waals surface area contributed by atoms with Crippen molar-refractivity contribution in [3.8, 4) is 22.3 Å². The minimum absolute atomic E-state index is 0.142. The lowest BCUT2D eigenvalue weighted by Gasteiger charge is -2.22. The highest BCUT2D eigenvalue weighted by atomic mass is 14.4. The van der Waals surface area contributed by atoms with Crippen molar-refractivity contribution in [3.63, 3.8) is 0 Å². The summed E-state index contributed by atoms with van der Waals surface area (Å²) in [5.41, 5.74) is 14.0. The number of aryl methyl sites for hydroxylation is 4. The highest BCUT2D eigenvalue weighted by Crippen LogP contribution is 2.48. The zero-order valence-electron chi connectivity index (χ0n) is 19.6. The molecule has 0 fully saturated rings. The molecule has 0 saturated carbocycles. The number of hydrogen-bond donors (Lipinski definition) is 0. The van der Waals surface area contributed by atoms with Gasteiger partial charge in [0.2, 0.25) is 0 Å². The summed E-state index contributed by atoms with van der Waals surface area (Å²) in [6.45, 7) is 13.3. The predicted octanol–water partition coefficient (Wildman–Crippen LogP) is 8.58. The van der Waals surface area contributed by atoms with Crippen molar-refractivity contribution < 1.29 is 0 Å². The molecule has 0 heteroatoms. The molecule has 0 spiro atoms. The van der Waals surface area contributed by atoms with E-state index in [0.717, 1.165) is 0 Å². The minimum Gasteiger partial charge on any atom is -0.0620 e. The van der Waals surface area contributed by atoms with E-state index in [1.54, 1.807) is 0 Å². The van der Waals surface area contributed by atoms with Crippen molar-refractivity contribution >= 4 is 0 Å². The zero-order valence-corrected chi connectivity index (χ0v) is 19.6. The van der Waals surface area contributed by atoms with Crippen LogP contribution in [0.25, 0.3) is 22.3 Å². The molecule has 156 valence electrons. The number of benzene rings is 4. The second kappa shape index (κ2) is 8.19. The first-order valence-electron chi connectivity index (χ1n) is 11.1. The first-order chi connectivity index (χ1) is 14.8. The van der Waals surface area contributed by atoms with E-state index in [4.69, 9.17) is 0 Å². The van der Waals surface area contributed by atoms with Crippen molar-refractivity contribution in [3.05, 3.63) is 118 Å². The summed E-state index contributed by atoms with van der Waals surface area (Å²) < 4.78 is 0. The van der Waals surface area contributed by atoms with E-state index in [9.17, 15) is 0 Å². The molecule has 0 aliphatic heterocycles. The molecule has 31 heavy (non-hydrogen) atoms. The van der Waals surface area contributed by atoms with Gasteiger partial charge in [-0.15, -0.1) is 0 Å². The van der Waals surface area contributed by atoms with Crippen molar-refractivity contribution in [1.82, 2.24) is 0 Å². The normalized spacial score (nSPS) is 13.1. The molecular formula is C31H32. The lowest BCUT2D eigenvalue weighted by atomic mass is 9.81. The van der Waals surface area contributed by atoms with Crippen LogP contribution in [0.1, 0.15) is 47.2 Å². The largest absolute Gasteiger partial charge is 0.0620 e. The Balaban J connectivity index is 0.000000152. The third-order valence-electron chi connectivity index (χ3n) is 6.57. The van der Waals surface area contributed by atoms with Crippen LogP contribution in [0, 0.1) is 27.7 Å². The van der Waals surface area contributed by atoms with Gasteiger partial charge in [0, 0.05) is 5.41 Å². The summed E-state index contributed by atoms with van der Waals surface area (Å²) in [6, 6.07) is 30.7. The van der Waals surface area contributed by atoms with Crippen LogP contribution in [-0.2, 0) is 5.41 Å². The maximum Gasteiger partial charge on any atom is 0.0159 e. The third kappa shape index (κ3) is 3.95. The molecule has 0 heterocycles. The summed E-state index contributed by atoms with van der Waals surface area (Å²) in [7, 11) is 0. The van der Waals surface area contributed by atoms with Crippen LogP contribution in [0.3, 0.4) is 0 Å². The van der Waals surface area contributed by atoms with Gasteiger partial charge in [-0.05, 0) is 72.2 Å². The zero-order chi connectivity index (χ0) is 22.2. The van der Waals surface area contributed by atoms with Gasteiger partial charge in [0.05, 0.1) is 0 Å². The molecule has 1 aliphatic rings. The van der Waals surface area contributed by atoms with Gasteiger partial charge in [0.15, 0.2) is 0 Å². The van der Waals surface area contributed by atoms with Crippen molar-refractivity contribution in [2.45, 2.75) is 47.0 Å². The minimum atomic E-state index is 0.142. The van der Waals surface area contributed by atoms with Gasteiger partial charge in [-0.25, -0.2) is 0 Å². The molecule has 0 saturated heterocycles. The van der Waals surface area contributed by atoms with Gasteiger partial charge in [-0.3, -0.25) is 0 Å². The predicted molar refractivity (Wildman–Crippen MR) is 135 cm³/mol. The van der Waals surface area contributed by atoms with E-state index in [1.807, 2.05) is 0 Å². The molecule has 1 aliphatic carbocycles. The topological polar surface area (TPSA) is 0 Å². The number of fused-ring (bicyclic) bond motifs is 3. The van der Waals surface area contributed by atoms with E-state index in [-0.39, 0.29) is 5.41 Å². The summed E-state index contributed by atoms with van der Waals surface area (Å²) in [4.78, 5) is 0. The summed E-state index contributed by atoms with van der Waals surface area (Å²) in [6.07, 6.45) is 0. The van der Waals surface area contributed by atoms with E-state index >= 15 is 0 Å². The lowest BCUT2D eigenvalue weighted by molar-refractivity contribution is 0.659. The quantitative estimate of drug-likeness (QED) is 0.298. The maximum absolute atomic E-state index is 2.34. The van der Waals surface area contributed by atoms with Crippen molar-refractivity contribution in [2.24, 2.45) is 0 Å². The van der Waals surface area contributed by atoms with Crippen LogP contribution < -0.4 is 0 Å². The van der Waals surface area contributed by atoms with E-state index in [0.29, 0.717) is 0 Å². The van der Waals surface area contributed by atoms with E-state index < -0.39 is 0 Å². The third-order valence-corrected chi connectivity index (χ3v) is 6.57. The van der Waals surface area contributed by atoms with Gasteiger partial charge in [-0.2, -0.15) is 0 Å². The Labute approximate surface area is 187 Å². The first-order valence-corrected chi connectivity index (χ1v) is 11.1. The molecule has 0 bridgehead atoms. The van der Waals surface area contributed by atoms with Gasteiger partial charge in [0.1, 0.15) is 0 Å². The van der Waals surface area contributed by atoms with Crippen molar-refractivity contribution in [2.75, 3.05) is 0 Å². The molecule has 0 radical (unpaired) electrons. The monoisotopic (exact) mass is 404 g/mol. The molecule has 5 rings (SSSR count). The molecule has 0 unspecified atom stereocenters. The molecule has 0 nitrogen and oxygen atoms in total. The molecular weight excluding hydrogens is 372 g/mol. The second-order valence-electron chi connectivity index (χ2n) is 9.35. The maximum atomic E-state index is 2.34. The fourth-order valence-electron chi connectivity index (χ4n) is 4.72. The fourth-order valence-corrected chi connectivity index (χ4v) is 4.72.